The number of aromatic nitrogens is 1. The zero-order valence-electron chi connectivity index (χ0n) is 23.6. The first-order valence-electron chi connectivity index (χ1n) is 13.1. The first kappa shape index (κ1) is 32.5. The van der Waals surface area contributed by atoms with E-state index in [1.54, 1.807) is 30.5 Å². The van der Waals surface area contributed by atoms with Crippen LogP contribution in [0.25, 0.3) is 10.8 Å². The minimum atomic E-state index is -5.08. The molecule has 0 amide bonds. The number of nitrogens with two attached hydrogens (primary N) is 1. The molecular formula is C31H31F3N2O7. The second kappa shape index (κ2) is 14.8. The summed E-state index contributed by atoms with van der Waals surface area (Å²) in [7, 11) is 0. The minimum Gasteiger partial charge on any atom is -0.490 e. The molecule has 0 aliphatic heterocycles. The molecule has 0 aliphatic rings. The second-order valence-electron chi connectivity index (χ2n) is 9.28. The Kier molecular flexibility index (Phi) is 11.2. The van der Waals surface area contributed by atoms with E-state index in [1.807, 2.05) is 69.3 Å². The number of esters is 1. The number of nitrogen functional groups attached to an aromatic ring is 1. The zero-order chi connectivity index (χ0) is 31.6. The van der Waals surface area contributed by atoms with Crippen molar-refractivity contribution in [2.45, 2.75) is 45.8 Å². The van der Waals surface area contributed by atoms with Crippen molar-refractivity contribution < 1.29 is 46.8 Å². The van der Waals surface area contributed by atoms with Gasteiger partial charge in [-0.05, 0) is 68.1 Å². The molecule has 43 heavy (non-hydrogen) atoms. The number of halogens is 3. The molecular weight excluding hydrogens is 569 g/mol. The number of ether oxygens (including phenoxy) is 4. The van der Waals surface area contributed by atoms with Crippen molar-refractivity contribution in [3.05, 3.63) is 90.1 Å². The highest BCUT2D eigenvalue weighted by molar-refractivity contribution is 5.91. The quantitative estimate of drug-likeness (QED) is 0.196. The normalized spacial score (nSPS) is 11.7. The number of carboxylic acid groups (broad SMARTS) is 1. The van der Waals surface area contributed by atoms with Crippen molar-refractivity contribution in [2.75, 3.05) is 12.3 Å². The number of fused-ring (bicyclic) bond motifs is 1. The summed E-state index contributed by atoms with van der Waals surface area (Å²) in [6.45, 7) is 6.36. The fourth-order valence-electron chi connectivity index (χ4n) is 3.75. The third kappa shape index (κ3) is 9.52. The summed E-state index contributed by atoms with van der Waals surface area (Å²) < 4.78 is 55.3. The van der Waals surface area contributed by atoms with Gasteiger partial charge in [0.15, 0.2) is 11.5 Å². The average molecular weight is 601 g/mol. The summed E-state index contributed by atoms with van der Waals surface area (Å²) in [4.78, 5) is 26.3. The fraction of sp³-hybridized carbons (Fsp3) is 0.258. The van der Waals surface area contributed by atoms with Crippen LogP contribution in [0.3, 0.4) is 0 Å². The molecule has 0 saturated carbocycles. The lowest BCUT2D eigenvalue weighted by atomic mass is 10.1. The van der Waals surface area contributed by atoms with Gasteiger partial charge in [0.25, 0.3) is 0 Å². The summed E-state index contributed by atoms with van der Waals surface area (Å²) >= 11 is 0. The van der Waals surface area contributed by atoms with Crippen LogP contribution < -0.4 is 19.9 Å². The number of pyridine rings is 1. The highest BCUT2D eigenvalue weighted by Gasteiger charge is 2.38. The number of nitrogens with zero attached hydrogens (tertiary/aromatic N) is 1. The molecule has 0 radical (unpaired) electrons. The van der Waals surface area contributed by atoms with Gasteiger partial charge in [-0.2, -0.15) is 13.2 Å². The van der Waals surface area contributed by atoms with Crippen LogP contribution in [0.5, 0.6) is 17.2 Å². The maximum atomic E-state index is 13.3. The molecule has 228 valence electrons. The van der Waals surface area contributed by atoms with Gasteiger partial charge in [-0.25, -0.2) is 14.6 Å². The van der Waals surface area contributed by atoms with E-state index in [0.717, 1.165) is 16.3 Å². The predicted octanol–water partition coefficient (Wildman–Crippen LogP) is 6.50. The number of aliphatic carboxylic acids is 1. The van der Waals surface area contributed by atoms with E-state index in [0.29, 0.717) is 35.2 Å². The second-order valence-corrected chi connectivity index (χ2v) is 9.28. The minimum absolute atomic E-state index is 0.0301. The van der Waals surface area contributed by atoms with Gasteiger partial charge in [-0.3, -0.25) is 0 Å². The van der Waals surface area contributed by atoms with E-state index < -0.39 is 24.2 Å². The van der Waals surface area contributed by atoms with Gasteiger partial charge in [0.1, 0.15) is 18.2 Å². The molecule has 1 aromatic heterocycles. The summed E-state index contributed by atoms with van der Waals surface area (Å²) in [5.41, 5.74) is 7.45. The number of hydrogen-bond donors (Lipinski definition) is 2. The number of carboxylic acids is 1. The van der Waals surface area contributed by atoms with Crippen molar-refractivity contribution in [3.63, 3.8) is 0 Å². The Morgan fingerprint density at radius 1 is 0.953 bits per heavy atom. The Balaban J connectivity index is 0.000000646. The van der Waals surface area contributed by atoms with Crippen LogP contribution in [-0.2, 0) is 20.9 Å². The largest absolute Gasteiger partial charge is 0.490 e. The highest BCUT2D eigenvalue weighted by atomic mass is 19.4. The van der Waals surface area contributed by atoms with Gasteiger partial charge in [-0.1, -0.05) is 36.4 Å². The van der Waals surface area contributed by atoms with Gasteiger partial charge >= 0.3 is 18.1 Å². The Morgan fingerprint density at radius 3 is 2.28 bits per heavy atom. The average Bonchev–Trinajstić information content (AvgIpc) is 2.96. The van der Waals surface area contributed by atoms with Crippen LogP contribution in [0.1, 0.15) is 38.0 Å². The number of carbonyl (C=O) groups excluding carboxylic acids is 1. The standard InChI is InChI=1S/C29H30N2O5.C2HF3O2/c1-4-33-26-17-22(10-13-25(26)35-19(2)3)27(29(32)34-18-20-8-6-5-7-9-20)36-23-11-12-24-21(16-23)14-15-31-28(24)30;3-2(4,5)1(6)7/h5-17,19,27H,4,18H2,1-3H3,(H2,30,31);(H,6,7). The SMILES string of the molecule is CCOc1cc(C(Oc2ccc3c(N)nccc3c2)C(=O)OCc2ccccc2)ccc1OC(C)C.O=C(O)C(F)(F)F. The predicted molar refractivity (Wildman–Crippen MR) is 153 cm³/mol. The molecule has 0 spiro atoms. The highest BCUT2D eigenvalue weighted by Crippen LogP contribution is 2.34. The summed E-state index contributed by atoms with van der Waals surface area (Å²) in [5.74, 6) is -1.22. The Labute approximate surface area is 246 Å². The topological polar surface area (TPSA) is 130 Å². The van der Waals surface area contributed by atoms with E-state index in [4.69, 9.17) is 34.6 Å². The van der Waals surface area contributed by atoms with Gasteiger partial charge in [0.2, 0.25) is 6.10 Å². The molecule has 3 N–H and O–H groups in total. The van der Waals surface area contributed by atoms with Gasteiger partial charge in [-0.15, -0.1) is 0 Å². The number of carbonyl (C=O) groups is 2. The van der Waals surface area contributed by atoms with Crippen LogP contribution in [-0.4, -0.2) is 40.9 Å². The first-order valence-corrected chi connectivity index (χ1v) is 13.1. The van der Waals surface area contributed by atoms with Crippen molar-refractivity contribution in [1.29, 1.82) is 0 Å². The molecule has 1 atom stereocenters. The van der Waals surface area contributed by atoms with Crippen molar-refractivity contribution >= 4 is 28.5 Å². The molecule has 9 nitrogen and oxygen atoms in total. The summed E-state index contributed by atoms with van der Waals surface area (Å²) in [5, 5.41) is 8.79. The Morgan fingerprint density at radius 2 is 1.65 bits per heavy atom. The number of hydrogen-bond acceptors (Lipinski definition) is 8. The van der Waals surface area contributed by atoms with Gasteiger partial charge in [0, 0.05) is 17.1 Å². The van der Waals surface area contributed by atoms with Crippen LogP contribution >= 0.6 is 0 Å². The number of anilines is 1. The monoisotopic (exact) mass is 600 g/mol. The maximum Gasteiger partial charge on any atom is 0.490 e. The molecule has 12 heteroatoms. The van der Waals surface area contributed by atoms with Crippen molar-refractivity contribution in [2.24, 2.45) is 0 Å². The molecule has 0 fully saturated rings. The smallest absolute Gasteiger partial charge is 0.490 e. The summed E-state index contributed by atoms with van der Waals surface area (Å²) in [6, 6.07) is 22.1. The van der Waals surface area contributed by atoms with E-state index >= 15 is 0 Å². The van der Waals surface area contributed by atoms with Crippen molar-refractivity contribution in [1.82, 2.24) is 4.98 Å². The number of rotatable bonds is 10. The fourth-order valence-corrected chi connectivity index (χ4v) is 3.75. The van der Waals surface area contributed by atoms with Crippen LogP contribution in [0.15, 0.2) is 79.0 Å². The molecule has 0 saturated heterocycles. The molecule has 3 aromatic carbocycles. The Bertz CT molecular complexity index is 1530. The zero-order valence-corrected chi connectivity index (χ0v) is 23.6. The lowest BCUT2D eigenvalue weighted by Gasteiger charge is -2.21. The Hall–Kier alpha value is -5.00. The van der Waals surface area contributed by atoms with E-state index in [-0.39, 0.29) is 12.7 Å². The van der Waals surface area contributed by atoms with Crippen LogP contribution in [0.4, 0.5) is 19.0 Å². The van der Waals surface area contributed by atoms with Gasteiger partial charge < -0.3 is 29.8 Å². The third-order valence-electron chi connectivity index (χ3n) is 5.63. The molecule has 4 aromatic rings. The molecule has 0 aliphatic carbocycles. The molecule has 4 rings (SSSR count). The van der Waals surface area contributed by atoms with Gasteiger partial charge in [0.05, 0.1) is 12.7 Å². The molecule has 1 heterocycles. The van der Waals surface area contributed by atoms with Crippen LogP contribution in [0.2, 0.25) is 0 Å². The van der Waals surface area contributed by atoms with Crippen molar-refractivity contribution in [3.8, 4) is 17.2 Å². The lowest BCUT2D eigenvalue weighted by Crippen LogP contribution is -2.22. The lowest BCUT2D eigenvalue weighted by molar-refractivity contribution is -0.192. The summed E-state index contributed by atoms with van der Waals surface area (Å²) in [6.07, 6.45) is -4.51. The maximum absolute atomic E-state index is 13.3. The number of benzene rings is 3. The number of alkyl halides is 3. The van der Waals surface area contributed by atoms with Crippen LogP contribution in [0, 0.1) is 0 Å². The third-order valence-corrected chi connectivity index (χ3v) is 5.63. The van der Waals surface area contributed by atoms with E-state index in [2.05, 4.69) is 4.98 Å². The molecule has 1 unspecified atom stereocenters. The first-order chi connectivity index (χ1) is 20.4. The van der Waals surface area contributed by atoms with E-state index in [9.17, 15) is 18.0 Å². The molecule has 0 bridgehead atoms. The van der Waals surface area contributed by atoms with E-state index in [1.165, 1.54) is 0 Å².